The predicted molar refractivity (Wildman–Crippen MR) is 76.6 cm³/mol. The van der Waals surface area contributed by atoms with Gasteiger partial charge in [-0.05, 0) is 49.7 Å². The Kier molecular flexibility index (Phi) is 4.59. The Bertz CT molecular complexity index is 634. The van der Waals surface area contributed by atoms with Crippen LogP contribution in [0.25, 0.3) is 0 Å². The van der Waals surface area contributed by atoms with E-state index in [0.29, 0.717) is 12.3 Å². The molecular weight excluding hydrogens is 276 g/mol. The molecule has 1 atom stereocenters. The molecule has 0 amide bonds. The van der Waals surface area contributed by atoms with E-state index in [9.17, 15) is 8.42 Å². The molecule has 0 saturated carbocycles. The van der Waals surface area contributed by atoms with Gasteiger partial charge in [-0.1, -0.05) is 12.1 Å². The van der Waals surface area contributed by atoms with Gasteiger partial charge in [-0.3, -0.25) is 0 Å². The normalized spacial score (nSPS) is 13.3. The van der Waals surface area contributed by atoms with Crippen molar-refractivity contribution in [3.05, 3.63) is 54.0 Å². The first kappa shape index (κ1) is 14.8. The highest BCUT2D eigenvalue weighted by atomic mass is 32.2. The molecule has 1 aromatic carbocycles. The molecule has 0 bridgehead atoms. The Morgan fingerprint density at radius 1 is 1.25 bits per heavy atom. The summed E-state index contributed by atoms with van der Waals surface area (Å²) in [4.78, 5) is 0.233. The fraction of sp³-hybridized carbons (Fsp3) is 0.286. The second-order valence-corrected chi connectivity index (χ2v) is 6.26. The molecule has 1 unspecified atom stereocenters. The number of benzene rings is 1. The van der Waals surface area contributed by atoms with Crippen LogP contribution in [0.5, 0.6) is 0 Å². The number of hydrogen-bond donors (Lipinski definition) is 2. The lowest BCUT2D eigenvalue weighted by Gasteiger charge is -2.12. The van der Waals surface area contributed by atoms with Crippen molar-refractivity contribution in [2.45, 2.75) is 24.3 Å². The van der Waals surface area contributed by atoms with E-state index in [0.717, 1.165) is 12.0 Å². The highest BCUT2D eigenvalue weighted by molar-refractivity contribution is 7.89. The van der Waals surface area contributed by atoms with Gasteiger partial charge in [0.1, 0.15) is 5.76 Å². The molecule has 2 rings (SSSR count). The second-order valence-electron chi connectivity index (χ2n) is 4.54. The van der Waals surface area contributed by atoms with Gasteiger partial charge in [0, 0.05) is 0 Å². The summed E-state index contributed by atoms with van der Waals surface area (Å²) in [6.07, 6.45) is 2.25. The lowest BCUT2D eigenvalue weighted by Crippen LogP contribution is -2.26. The SMILES string of the molecule is CC(NS(=O)(=O)c1ccc(CCN)cc1)c1ccco1. The zero-order valence-corrected chi connectivity index (χ0v) is 12.1. The zero-order valence-electron chi connectivity index (χ0n) is 11.2. The molecule has 0 aliphatic rings. The molecule has 0 spiro atoms. The van der Waals surface area contributed by atoms with Crippen LogP contribution < -0.4 is 10.5 Å². The minimum absolute atomic E-state index is 0.233. The molecule has 0 saturated heterocycles. The summed E-state index contributed by atoms with van der Waals surface area (Å²) in [5.41, 5.74) is 6.48. The van der Waals surface area contributed by atoms with Gasteiger partial charge >= 0.3 is 0 Å². The molecule has 108 valence electrons. The van der Waals surface area contributed by atoms with E-state index in [-0.39, 0.29) is 4.90 Å². The number of hydrogen-bond acceptors (Lipinski definition) is 4. The molecule has 6 heteroatoms. The third-order valence-corrected chi connectivity index (χ3v) is 4.53. The molecule has 0 aliphatic heterocycles. The van der Waals surface area contributed by atoms with Crippen molar-refractivity contribution in [1.82, 2.24) is 4.72 Å². The summed E-state index contributed by atoms with van der Waals surface area (Å²) >= 11 is 0. The molecule has 1 heterocycles. The Morgan fingerprint density at radius 3 is 2.50 bits per heavy atom. The van der Waals surface area contributed by atoms with Gasteiger partial charge in [0.25, 0.3) is 0 Å². The number of sulfonamides is 1. The van der Waals surface area contributed by atoms with Crippen LogP contribution in [-0.2, 0) is 16.4 Å². The van der Waals surface area contributed by atoms with Crippen molar-refractivity contribution in [1.29, 1.82) is 0 Å². The van der Waals surface area contributed by atoms with Crippen molar-refractivity contribution in [2.75, 3.05) is 6.54 Å². The van der Waals surface area contributed by atoms with E-state index in [1.165, 1.54) is 6.26 Å². The molecule has 1 aromatic heterocycles. The lowest BCUT2D eigenvalue weighted by molar-refractivity contribution is 0.459. The summed E-state index contributed by atoms with van der Waals surface area (Å²) < 4.78 is 32.2. The molecule has 20 heavy (non-hydrogen) atoms. The van der Waals surface area contributed by atoms with Crippen molar-refractivity contribution in [2.24, 2.45) is 5.73 Å². The quantitative estimate of drug-likeness (QED) is 0.851. The van der Waals surface area contributed by atoms with E-state index in [4.69, 9.17) is 10.2 Å². The minimum atomic E-state index is -3.56. The lowest BCUT2D eigenvalue weighted by atomic mass is 10.2. The fourth-order valence-corrected chi connectivity index (χ4v) is 3.11. The molecule has 5 nitrogen and oxygen atoms in total. The van der Waals surface area contributed by atoms with Gasteiger partial charge in [-0.15, -0.1) is 0 Å². The number of nitrogens with one attached hydrogen (secondary N) is 1. The fourth-order valence-electron chi connectivity index (χ4n) is 1.90. The van der Waals surface area contributed by atoms with Crippen LogP contribution in [0.1, 0.15) is 24.3 Å². The van der Waals surface area contributed by atoms with Crippen LogP contribution in [0.15, 0.2) is 52.0 Å². The molecular formula is C14H18N2O3S. The largest absolute Gasteiger partial charge is 0.468 e. The maximum atomic E-state index is 12.2. The maximum Gasteiger partial charge on any atom is 0.241 e. The van der Waals surface area contributed by atoms with Crippen LogP contribution in [0, 0.1) is 0 Å². The van der Waals surface area contributed by atoms with Crippen LogP contribution >= 0.6 is 0 Å². The first-order valence-electron chi connectivity index (χ1n) is 6.37. The van der Waals surface area contributed by atoms with Crippen molar-refractivity contribution < 1.29 is 12.8 Å². The van der Waals surface area contributed by atoms with E-state index < -0.39 is 16.1 Å². The smallest absolute Gasteiger partial charge is 0.241 e. The molecule has 0 aliphatic carbocycles. The van der Waals surface area contributed by atoms with Crippen LogP contribution in [0.3, 0.4) is 0 Å². The van der Waals surface area contributed by atoms with Gasteiger partial charge in [-0.2, -0.15) is 0 Å². The van der Waals surface area contributed by atoms with E-state index in [2.05, 4.69) is 4.72 Å². The highest BCUT2D eigenvalue weighted by Crippen LogP contribution is 2.17. The van der Waals surface area contributed by atoms with E-state index >= 15 is 0 Å². The number of rotatable bonds is 6. The standard InChI is InChI=1S/C14H18N2O3S/c1-11(14-3-2-10-19-14)16-20(17,18)13-6-4-12(5-7-13)8-9-15/h2-7,10-11,16H,8-9,15H2,1H3. The number of nitrogens with two attached hydrogens (primary N) is 1. The Balaban J connectivity index is 2.13. The summed E-state index contributed by atoms with van der Waals surface area (Å²) in [5, 5.41) is 0. The third kappa shape index (κ3) is 3.47. The second kappa shape index (κ2) is 6.21. The monoisotopic (exact) mass is 294 g/mol. The predicted octanol–water partition coefficient (Wildman–Crippen LogP) is 1.82. The van der Waals surface area contributed by atoms with Crippen LogP contribution in [0.4, 0.5) is 0 Å². The molecule has 0 fully saturated rings. The van der Waals surface area contributed by atoms with Crippen LogP contribution in [0.2, 0.25) is 0 Å². The third-order valence-electron chi connectivity index (χ3n) is 2.97. The maximum absolute atomic E-state index is 12.2. The van der Waals surface area contributed by atoms with Gasteiger partial charge in [-0.25, -0.2) is 13.1 Å². The highest BCUT2D eigenvalue weighted by Gasteiger charge is 2.19. The first-order chi connectivity index (χ1) is 9.53. The van der Waals surface area contributed by atoms with E-state index in [1.54, 1.807) is 43.3 Å². The number of furan rings is 1. The van der Waals surface area contributed by atoms with Crippen LogP contribution in [-0.4, -0.2) is 15.0 Å². The van der Waals surface area contributed by atoms with Crippen molar-refractivity contribution >= 4 is 10.0 Å². The molecule has 0 radical (unpaired) electrons. The van der Waals surface area contributed by atoms with Crippen molar-refractivity contribution in [3.63, 3.8) is 0 Å². The average Bonchev–Trinajstić information content (AvgIpc) is 2.93. The summed E-state index contributed by atoms with van der Waals surface area (Å²) in [6.45, 7) is 2.28. The summed E-state index contributed by atoms with van der Waals surface area (Å²) in [5.74, 6) is 0.577. The zero-order chi connectivity index (χ0) is 14.6. The average molecular weight is 294 g/mol. The van der Waals surface area contributed by atoms with Gasteiger partial charge in [0.15, 0.2) is 0 Å². The first-order valence-corrected chi connectivity index (χ1v) is 7.86. The minimum Gasteiger partial charge on any atom is -0.468 e. The topological polar surface area (TPSA) is 85.3 Å². The summed E-state index contributed by atoms with van der Waals surface area (Å²) in [7, 11) is -3.56. The van der Waals surface area contributed by atoms with Crippen molar-refractivity contribution in [3.8, 4) is 0 Å². The van der Waals surface area contributed by atoms with Gasteiger partial charge in [0.2, 0.25) is 10.0 Å². The van der Waals surface area contributed by atoms with Gasteiger partial charge in [0.05, 0.1) is 17.2 Å². The molecule has 3 N–H and O–H groups in total. The van der Waals surface area contributed by atoms with E-state index in [1.807, 2.05) is 0 Å². The van der Waals surface area contributed by atoms with Gasteiger partial charge < -0.3 is 10.2 Å². The Morgan fingerprint density at radius 2 is 1.95 bits per heavy atom. The summed E-state index contributed by atoms with van der Waals surface area (Å²) in [6, 6.07) is 9.76. The molecule has 2 aromatic rings. The Hall–Kier alpha value is -1.63. The Labute approximate surface area is 118 Å².